The minimum absolute atomic E-state index is 0.517. The van der Waals surface area contributed by atoms with Gasteiger partial charge in [0.05, 0.1) is 29.4 Å². The van der Waals surface area contributed by atoms with Crippen molar-refractivity contribution in [1.29, 1.82) is 0 Å². The van der Waals surface area contributed by atoms with Crippen LogP contribution in [0.2, 0.25) is 0 Å². The Hall–Kier alpha value is -2.60. The number of aromatic nitrogens is 3. The van der Waals surface area contributed by atoms with Crippen LogP contribution in [0.15, 0.2) is 30.6 Å². The summed E-state index contributed by atoms with van der Waals surface area (Å²) in [6.45, 7) is 5.40. The summed E-state index contributed by atoms with van der Waals surface area (Å²) in [6.07, 6.45) is 5.71. The summed E-state index contributed by atoms with van der Waals surface area (Å²) in [6, 6.07) is 6.16. The first-order valence-corrected chi connectivity index (χ1v) is 9.14. The molecule has 6 heteroatoms. The minimum atomic E-state index is 0.517. The number of nitrogens with one attached hydrogen (secondary N) is 1. The van der Waals surface area contributed by atoms with Gasteiger partial charge in [-0.25, -0.2) is 4.98 Å². The van der Waals surface area contributed by atoms with Crippen molar-refractivity contribution in [2.45, 2.75) is 19.8 Å². The van der Waals surface area contributed by atoms with Crippen LogP contribution in [0.25, 0.3) is 22.4 Å². The zero-order valence-corrected chi connectivity index (χ0v) is 15.3. The number of pyridine rings is 1. The van der Waals surface area contributed by atoms with Gasteiger partial charge in [0.25, 0.3) is 0 Å². The molecule has 0 bridgehead atoms. The largest absolute Gasteiger partial charge is 0.490 e. The number of hydrogen-bond donors (Lipinski definition) is 1. The van der Waals surface area contributed by atoms with Crippen molar-refractivity contribution in [3.8, 4) is 17.1 Å². The molecule has 0 saturated carbocycles. The lowest BCUT2D eigenvalue weighted by molar-refractivity contribution is 0.146. The van der Waals surface area contributed by atoms with E-state index in [-0.39, 0.29) is 0 Å². The molecule has 0 spiro atoms. The van der Waals surface area contributed by atoms with Crippen LogP contribution in [0.4, 0.5) is 5.69 Å². The number of fused-ring (bicyclic) bond motifs is 2. The van der Waals surface area contributed by atoms with E-state index in [4.69, 9.17) is 14.5 Å². The normalized spacial score (nSPS) is 13.4. The van der Waals surface area contributed by atoms with Crippen LogP contribution < -0.4 is 9.64 Å². The van der Waals surface area contributed by atoms with Crippen LogP contribution in [0.1, 0.15) is 18.9 Å². The highest BCUT2D eigenvalue weighted by atomic mass is 16.5. The maximum atomic E-state index is 6.03. The van der Waals surface area contributed by atoms with Crippen LogP contribution in [-0.4, -0.2) is 48.4 Å². The van der Waals surface area contributed by atoms with E-state index >= 15 is 0 Å². The second-order valence-electron chi connectivity index (χ2n) is 6.49. The number of aromatic amines is 1. The lowest BCUT2D eigenvalue weighted by atomic mass is 10.0. The van der Waals surface area contributed by atoms with Gasteiger partial charge >= 0.3 is 0 Å². The zero-order valence-electron chi connectivity index (χ0n) is 15.3. The molecule has 136 valence electrons. The van der Waals surface area contributed by atoms with Crippen LogP contribution in [-0.2, 0) is 11.2 Å². The van der Waals surface area contributed by atoms with Crippen molar-refractivity contribution in [3.05, 3.63) is 36.2 Å². The smallest absolute Gasteiger partial charge is 0.142 e. The molecule has 3 aromatic rings. The van der Waals surface area contributed by atoms with Crippen LogP contribution in [0, 0.1) is 0 Å². The van der Waals surface area contributed by atoms with Gasteiger partial charge in [-0.3, -0.25) is 4.98 Å². The first-order valence-electron chi connectivity index (χ1n) is 9.14. The SMILES string of the molecule is CCCN1CCc2c1ccc(OCCOC)c2-c1nc2ccncc2[nH]1. The standard InChI is InChI=1S/C20H24N4O2/c1-3-9-24-10-7-14-17(24)4-5-18(26-12-11-25-2)19(14)20-22-15-6-8-21-13-16(15)23-20/h4-6,8,13H,3,7,9-12H2,1-2H3,(H,22,23). The number of H-pyrrole nitrogens is 1. The first kappa shape index (κ1) is 16.8. The summed E-state index contributed by atoms with van der Waals surface area (Å²) in [7, 11) is 1.68. The van der Waals surface area contributed by atoms with Gasteiger partial charge in [-0.15, -0.1) is 0 Å². The highest BCUT2D eigenvalue weighted by Gasteiger charge is 2.26. The van der Waals surface area contributed by atoms with E-state index in [0.717, 1.165) is 54.1 Å². The molecule has 4 rings (SSSR count). The molecular weight excluding hydrogens is 328 g/mol. The lowest BCUT2D eigenvalue weighted by Gasteiger charge is -2.20. The maximum absolute atomic E-state index is 6.03. The first-order chi connectivity index (χ1) is 12.8. The van der Waals surface area contributed by atoms with Gasteiger partial charge in [-0.05, 0) is 36.6 Å². The third-order valence-electron chi connectivity index (χ3n) is 4.78. The molecule has 0 amide bonds. The van der Waals surface area contributed by atoms with Crippen molar-refractivity contribution in [1.82, 2.24) is 15.0 Å². The Morgan fingerprint density at radius 2 is 2.15 bits per heavy atom. The highest BCUT2D eigenvalue weighted by Crippen LogP contribution is 2.41. The lowest BCUT2D eigenvalue weighted by Crippen LogP contribution is -2.20. The Morgan fingerprint density at radius 3 is 2.96 bits per heavy atom. The number of ether oxygens (including phenoxy) is 2. The van der Waals surface area contributed by atoms with Gasteiger partial charge in [0.1, 0.15) is 18.2 Å². The molecule has 6 nitrogen and oxygen atoms in total. The fraction of sp³-hybridized carbons (Fsp3) is 0.400. The van der Waals surface area contributed by atoms with Gasteiger partial charge < -0.3 is 19.4 Å². The van der Waals surface area contributed by atoms with Crippen LogP contribution in [0.5, 0.6) is 5.75 Å². The van der Waals surface area contributed by atoms with E-state index in [1.165, 1.54) is 11.3 Å². The van der Waals surface area contributed by atoms with Gasteiger partial charge in [0.15, 0.2) is 0 Å². The quantitative estimate of drug-likeness (QED) is 0.660. The molecule has 26 heavy (non-hydrogen) atoms. The molecule has 0 fully saturated rings. The number of imidazole rings is 1. The van der Waals surface area contributed by atoms with Gasteiger partial charge in [0.2, 0.25) is 0 Å². The Labute approximate surface area is 153 Å². The van der Waals surface area contributed by atoms with E-state index in [1.54, 1.807) is 13.3 Å². The predicted molar refractivity (Wildman–Crippen MR) is 103 cm³/mol. The molecular formula is C20H24N4O2. The summed E-state index contributed by atoms with van der Waals surface area (Å²) < 4.78 is 11.2. The molecule has 1 N–H and O–H groups in total. The molecule has 0 unspecified atom stereocenters. The van der Waals surface area contributed by atoms with Crippen molar-refractivity contribution < 1.29 is 9.47 Å². The Kier molecular flexibility index (Phi) is 4.75. The topological polar surface area (TPSA) is 63.3 Å². The second kappa shape index (κ2) is 7.33. The molecule has 0 radical (unpaired) electrons. The minimum Gasteiger partial charge on any atom is -0.490 e. The summed E-state index contributed by atoms with van der Waals surface area (Å²) in [4.78, 5) is 14.8. The number of benzene rings is 1. The number of rotatable bonds is 7. The van der Waals surface area contributed by atoms with Gasteiger partial charge in [-0.2, -0.15) is 0 Å². The second-order valence-corrected chi connectivity index (χ2v) is 6.49. The molecule has 1 aliphatic heterocycles. The Bertz CT molecular complexity index is 873. The molecule has 1 aromatic carbocycles. The fourth-order valence-electron chi connectivity index (χ4n) is 3.62. The Balaban J connectivity index is 1.81. The number of methoxy groups -OCH3 is 1. The van der Waals surface area contributed by atoms with E-state index < -0.39 is 0 Å². The van der Waals surface area contributed by atoms with Crippen molar-refractivity contribution >= 4 is 16.7 Å². The number of hydrogen-bond acceptors (Lipinski definition) is 5. The molecule has 2 aromatic heterocycles. The Morgan fingerprint density at radius 1 is 1.23 bits per heavy atom. The molecule has 0 saturated heterocycles. The zero-order chi connectivity index (χ0) is 17.9. The third-order valence-corrected chi connectivity index (χ3v) is 4.78. The average molecular weight is 352 g/mol. The van der Waals surface area contributed by atoms with Gasteiger partial charge in [0, 0.05) is 32.1 Å². The number of anilines is 1. The van der Waals surface area contributed by atoms with Gasteiger partial charge in [-0.1, -0.05) is 6.92 Å². The molecule has 1 aliphatic rings. The summed E-state index contributed by atoms with van der Waals surface area (Å²) in [5, 5.41) is 0. The third kappa shape index (κ3) is 3.01. The molecule has 0 atom stereocenters. The maximum Gasteiger partial charge on any atom is 0.142 e. The van der Waals surface area contributed by atoms with Crippen LogP contribution in [0.3, 0.4) is 0 Å². The summed E-state index contributed by atoms with van der Waals surface area (Å²) >= 11 is 0. The van der Waals surface area contributed by atoms with E-state index in [1.807, 2.05) is 12.3 Å². The summed E-state index contributed by atoms with van der Waals surface area (Å²) in [5.41, 5.74) is 5.51. The predicted octanol–water partition coefficient (Wildman–Crippen LogP) is 3.42. The molecule has 0 aliphatic carbocycles. The summed E-state index contributed by atoms with van der Waals surface area (Å²) in [5.74, 6) is 1.70. The van der Waals surface area contributed by atoms with E-state index in [2.05, 4.69) is 33.9 Å². The highest BCUT2D eigenvalue weighted by molar-refractivity contribution is 5.84. The molecule has 3 heterocycles. The number of nitrogens with zero attached hydrogens (tertiary/aromatic N) is 3. The van der Waals surface area contributed by atoms with Crippen LogP contribution >= 0.6 is 0 Å². The fourth-order valence-corrected chi connectivity index (χ4v) is 3.62. The van der Waals surface area contributed by atoms with Crippen molar-refractivity contribution in [3.63, 3.8) is 0 Å². The van der Waals surface area contributed by atoms with Crippen molar-refractivity contribution in [2.75, 3.05) is 38.3 Å². The monoisotopic (exact) mass is 352 g/mol. The average Bonchev–Trinajstić information content (AvgIpc) is 3.26. The van der Waals surface area contributed by atoms with E-state index in [0.29, 0.717) is 13.2 Å². The van der Waals surface area contributed by atoms with E-state index in [9.17, 15) is 0 Å². The van der Waals surface area contributed by atoms with Crippen molar-refractivity contribution in [2.24, 2.45) is 0 Å².